The van der Waals surface area contributed by atoms with E-state index in [1.807, 2.05) is 0 Å². The Kier molecular flexibility index (Phi) is 9.41. The van der Waals surface area contributed by atoms with Gasteiger partial charge in [-0.1, -0.05) is 47.1 Å². The van der Waals surface area contributed by atoms with Crippen LogP contribution < -0.4 is 20.1 Å². The molecule has 3 aromatic rings. The van der Waals surface area contributed by atoms with E-state index >= 15 is 0 Å². The van der Waals surface area contributed by atoms with Crippen LogP contribution in [0, 0.1) is 0 Å². The summed E-state index contributed by atoms with van der Waals surface area (Å²) in [4.78, 5) is 25.0. The normalized spacial score (nSPS) is 10.5. The number of ether oxygens (including phenoxy) is 2. The van der Waals surface area contributed by atoms with Crippen LogP contribution in [-0.2, 0) is 17.9 Å². The lowest BCUT2D eigenvalue weighted by molar-refractivity contribution is -0.113. The first-order valence-corrected chi connectivity index (χ1v) is 12.0. The number of rotatable bonds is 11. The molecule has 2 amide bonds. The molecule has 0 aliphatic heterocycles. The van der Waals surface area contributed by atoms with Crippen LogP contribution in [-0.4, -0.2) is 46.6 Å². The summed E-state index contributed by atoms with van der Waals surface area (Å²) in [6.07, 6.45) is 1.68. The molecule has 184 valence electrons. The number of thioether (sulfide) groups is 1. The number of allylic oxidation sites excluding steroid dienone is 1. The van der Waals surface area contributed by atoms with E-state index in [4.69, 9.17) is 32.7 Å². The van der Waals surface area contributed by atoms with Gasteiger partial charge in [-0.3, -0.25) is 9.59 Å². The quantitative estimate of drug-likeness (QED) is 0.276. The zero-order valence-corrected chi connectivity index (χ0v) is 21.3. The number of aromatic nitrogens is 3. The Morgan fingerprint density at radius 3 is 2.63 bits per heavy atom. The van der Waals surface area contributed by atoms with E-state index in [0.717, 1.165) is 0 Å². The molecule has 0 aliphatic carbocycles. The molecule has 1 aromatic heterocycles. The van der Waals surface area contributed by atoms with Crippen molar-refractivity contribution in [2.24, 2.45) is 0 Å². The van der Waals surface area contributed by atoms with E-state index in [-0.39, 0.29) is 29.1 Å². The summed E-state index contributed by atoms with van der Waals surface area (Å²) in [5.41, 5.74) is 0.833. The van der Waals surface area contributed by atoms with E-state index in [9.17, 15) is 9.59 Å². The summed E-state index contributed by atoms with van der Waals surface area (Å²) >= 11 is 13.3. The number of methoxy groups -OCH3 is 2. The highest BCUT2D eigenvalue weighted by Gasteiger charge is 2.16. The third kappa shape index (κ3) is 6.68. The molecule has 0 unspecified atom stereocenters. The highest BCUT2D eigenvalue weighted by molar-refractivity contribution is 7.99. The van der Waals surface area contributed by atoms with Gasteiger partial charge in [0.15, 0.2) is 22.5 Å². The van der Waals surface area contributed by atoms with Crippen molar-refractivity contribution in [3.8, 4) is 11.5 Å². The Labute approximate surface area is 216 Å². The molecule has 0 saturated heterocycles. The number of hydrogen-bond acceptors (Lipinski definition) is 7. The Balaban J connectivity index is 1.64. The fraction of sp³-hybridized carbons (Fsp3) is 0.217. The van der Waals surface area contributed by atoms with Gasteiger partial charge in [-0.15, -0.1) is 16.8 Å². The highest BCUT2D eigenvalue weighted by atomic mass is 35.5. The van der Waals surface area contributed by atoms with Crippen molar-refractivity contribution in [1.29, 1.82) is 0 Å². The number of amides is 2. The number of halogens is 2. The second-order valence-electron chi connectivity index (χ2n) is 6.99. The van der Waals surface area contributed by atoms with Crippen LogP contribution in [0.15, 0.2) is 54.2 Å². The van der Waals surface area contributed by atoms with Gasteiger partial charge < -0.3 is 24.7 Å². The molecule has 9 nitrogen and oxygen atoms in total. The van der Waals surface area contributed by atoms with Gasteiger partial charge in [0.1, 0.15) is 0 Å². The van der Waals surface area contributed by atoms with E-state index in [1.54, 1.807) is 47.0 Å². The summed E-state index contributed by atoms with van der Waals surface area (Å²) in [6.45, 7) is 4.29. The number of anilines is 1. The van der Waals surface area contributed by atoms with Gasteiger partial charge >= 0.3 is 0 Å². The van der Waals surface area contributed by atoms with Crippen LogP contribution in [0.1, 0.15) is 16.2 Å². The van der Waals surface area contributed by atoms with Crippen LogP contribution >= 0.6 is 35.0 Å². The molecule has 0 saturated carbocycles. The zero-order valence-electron chi connectivity index (χ0n) is 19.0. The van der Waals surface area contributed by atoms with Gasteiger partial charge in [0.2, 0.25) is 5.91 Å². The summed E-state index contributed by atoms with van der Waals surface area (Å²) < 4.78 is 12.2. The minimum absolute atomic E-state index is 0.0656. The van der Waals surface area contributed by atoms with Crippen molar-refractivity contribution < 1.29 is 19.1 Å². The summed E-state index contributed by atoms with van der Waals surface area (Å²) in [5, 5.41) is 15.0. The van der Waals surface area contributed by atoms with Gasteiger partial charge in [-0.2, -0.15) is 0 Å². The first kappa shape index (κ1) is 26.4. The molecule has 0 atom stereocenters. The highest BCUT2D eigenvalue weighted by Crippen LogP contribution is 2.30. The van der Waals surface area contributed by atoms with Crippen LogP contribution in [0.5, 0.6) is 11.5 Å². The first-order valence-electron chi connectivity index (χ1n) is 10.3. The van der Waals surface area contributed by atoms with E-state index in [2.05, 4.69) is 27.4 Å². The molecule has 1 heterocycles. The second kappa shape index (κ2) is 12.5. The Morgan fingerprint density at radius 1 is 1.14 bits per heavy atom. The molecule has 0 spiro atoms. The van der Waals surface area contributed by atoms with Crippen molar-refractivity contribution in [2.75, 3.05) is 25.3 Å². The number of carbonyl (C=O) groups is 2. The van der Waals surface area contributed by atoms with E-state index in [1.165, 1.54) is 26.0 Å². The number of hydrogen-bond donors (Lipinski definition) is 2. The van der Waals surface area contributed by atoms with Crippen molar-refractivity contribution in [3.63, 3.8) is 0 Å². The zero-order chi connectivity index (χ0) is 25.4. The maximum absolute atomic E-state index is 12.6. The Bertz CT molecular complexity index is 1230. The predicted molar refractivity (Wildman–Crippen MR) is 137 cm³/mol. The number of nitrogens with zero attached hydrogens (tertiary/aromatic N) is 3. The molecule has 2 N–H and O–H groups in total. The van der Waals surface area contributed by atoms with Gasteiger partial charge in [0.25, 0.3) is 5.91 Å². The molecule has 0 bridgehead atoms. The number of carbonyl (C=O) groups excluding carboxylic acids is 2. The smallest absolute Gasteiger partial charge is 0.251 e. The van der Waals surface area contributed by atoms with Crippen LogP contribution in [0.2, 0.25) is 10.0 Å². The van der Waals surface area contributed by atoms with Gasteiger partial charge in [-0.25, -0.2) is 0 Å². The number of nitrogens with one attached hydrogen (secondary N) is 2. The van der Waals surface area contributed by atoms with Gasteiger partial charge in [0, 0.05) is 12.1 Å². The number of benzene rings is 2. The third-order valence-electron chi connectivity index (χ3n) is 4.72. The fourth-order valence-electron chi connectivity index (χ4n) is 3.02. The molecule has 12 heteroatoms. The van der Waals surface area contributed by atoms with Crippen molar-refractivity contribution in [1.82, 2.24) is 20.1 Å². The summed E-state index contributed by atoms with van der Waals surface area (Å²) in [7, 11) is 3.02. The lowest BCUT2D eigenvalue weighted by Gasteiger charge is -2.11. The maximum atomic E-state index is 12.6. The molecule has 0 fully saturated rings. The van der Waals surface area contributed by atoms with Crippen LogP contribution in [0.25, 0.3) is 0 Å². The average Bonchev–Trinajstić information content (AvgIpc) is 3.25. The van der Waals surface area contributed by atoms with Gasteiger partial charge in [0.05, 0.1) is 42.2 Å². The summed E-state index contributed by atoms with van der Waals surface area (Å²) in [6, 6.07) is 9.88. The van der Waals surface area contributed by atoms with Crippen molar-refractivity contribution in [3.05, 3.63) is 70.5 Å². The lowest BCUT2D eigenvalue weighted by atomic mass is 10.2. The average molecular weight is 536 g/mol. The monoisotopic (exact) mass is 535 g/mol. The van der Waals surface area contributed by atoms with Gasteiger partial charge in [-0.05, 0) is 30.3 Å². The minimum Gasteiger partial charge on any atom is -0.493 e. The lowest BCUT2D eigenvalue weighted by Crippen LogP contribution is -2.25. The van der Waals surface area contributed by atoms with Crippen molar-refractivity contribution in [2.45, 2.75) is 18.2 Å². The molecular formula is C23H23Cl2N5O4S. The standard InChI is InChI=1S/C23H23Cl2N5O4S/c1-4-10-30-19(12-26-22(32)14-8-9-17(33-2)18(11-14)34-3)28-29-23(30)35-13-20(31)27-16-7-5-6-15(24)21(16)25/h4-9,11H,1,10,12-13H2,2-3H3,(H,26,32)(H,27,31). The van der Waals surface area contributed by atoms with Crippen LogP contribution in [0.4, 0.5) is 5.69 Å². The molecule has 3 rings (SSSR count). The minimum atomic E-state index is -0.314. The molecule has 2 aromatic carbocycles. The topological polar surface area (TPSA) is 107 Å². The summed E-state index contributed by atoms with van der Waals surface area (Å²) in [5.74, 6) is 0.959. The predicted octanol–water partition coefficient (Wildman–Crippen LogP) is 4.45. The third-order valence-corrected chi connectivity index (χ3v) is 6.50. The Hall–Kier alpha value is -3.21. The van der Waals surface area contributed by atoms with Crippen molar-refractivity contribution >= 4 is 52.5 Å². The largest absolute Gasteiger partial charge is 0.493 e. The molecule has 0 radical (unpaired) electrons. The molecular weight excluding hydrogens is 513 g/mol. The van der Waals surface area contributed by atoms with E-state index in [0.29, 0.717) is 45.3 Å². The van der Waals surface area contributed by atoms with E-state index < -0.39 is 0 Å². The van der Waals surface area contributed by atoms with Crippen LogP contribution in [0.3, 0.4) is 0 Å². The SMILES string of the molecule is C=CCn1c(CNC(=O)c2ccc(OC)c(OC)c2)nnc1SCC(=O)Nc1cccc(Cl)c1Cl. The molecule has 35 heavy (non-hydrogen) atoms. The molecule has 0 aliphatic rings. The Morgan fingerprint density at radius 2 is 1.91 bits per heavy atom. The second-order valence-corrected chi connectivity index (χ2v) is 8.72. The first-order chi connectivity index (χ1) is 16.9. The fourth-order valence-corrected chi connectivity index (χ4v) is 4.14. The maximum Gasteiger partial charge on any atom is 0.251 e.